The summed E-state index contributed by atoms with van der Waals surface area (Å²) in [7, 11) is 3.13. The van der Waals surface area contributed by atoms with Crippen molar-refractivity contribution in [3.05, 3.63) is 57.9 Å². The second-order valence-corrected chi connectivity index (χ2v) is 6.28. The third-order valence-corrected chi connectivity index (χ3v) is 5.03. The van der Waals surface area contributed by atoms with Crippen molar-refractivity contribution in [1.82, 2.24) is 0 Å². The Balaban J connectivity index is 1.94. The predicted octanol–water partition coefficient (Wildman–Crippen LogP) is 5.16. The third kappa shape index (κ3) is 3.16. The molecule has 0 N–H and O–H groups in total. The van der Waals surface area contributed by atoms with E-state index >= 15 is 0 Å². The van der Waals surface area contributed by atoms with Crippen LogP contribution in [0.4, 0.5) is 4.39 Å². The van der Waals surface area contributed by atoms with Gasteiger partial charge >= 0.3 is 0 Å². The summed E-state index contributed by atoms with van der Waals surface area (Å²) in [5.74, 6) is 1.06. The van der Waals surface area contributed by atoms with Crippen LogP contribution in [0.3, 0.4) is 0 Å². The van der Waals surface area contributed by atoms with Gasteiger partial charge in [0, 0.05) is 0 Å². The number of hydrogen-bond donors (Lipinski definition) is 0. The highest BCUT2D eigenvalue weighted by Crippen LogP contribution is 2.39. The molecular formula is C19H20ClFO2. The van der Waals surface area contributed by atoms with E-state index in [1.165, 1.54) is 24.3 Å². The number of methoxy groups -OCH3 is 2. The summed E-state index contributed by atoms with van der Waals surface area (Å²) in [5.41, 5.74) is 3.55. The minimum atomic E-state index is -0.321. The van der Waals surface area contributed by atoms with Gasteiger partial charge in [0.1, 0.15) is 5.75 Å². The second-order valence-electron chi connectivity index (χ2n) is 5.91. The van der Waals surface area contributed by atoms with E-state index in [0.717, 1.165) is 42.0 Å². The second kappa shape index (κ2) is 6.79. The van der Waals surface area contributed by atoms with Crippen LogP contribution in [0.15, 0.2) is 30.3 Å². The molecule has 1 atom stereocenters. The molecule has 2 nitrogen and oxygen atoms in total. The van der Waals surface area contributed by atoms with Gasteiger partial charge in [-0.15, -0.1) is 0 Å². The molecule has 0 saturated carbocycles. The van der Waals surface area contributed by atoms with Crippen LogP contribution < -0.4 is 9.47 Å². The average Bonchev–Trinajstić information content (AvgIpc) is 2.79. The lowest BCUT2D eigenvalue weighted by Gasteiger charge is -2.17. The topological polar surface area (TPSA) is 18.5 Å². The van der Waals surface area contributed by atoms with Crippen molar-refractivity contribution >= 4 is 11.6 Å². The van der Waals surface area contributed by atoms with Crippen LogP contribution in [0.2, 0.25) is 5.02 Å². The molecule has 3 rings (SSSR count). The Labute approximate surface area is 141 Å². The highest BCUT2D eigenvalue weighted by atomic mass is 35.5. The third-order valence-electron chi connectivity index (χ3n) is 4.62. The molecule has 0 spiro atoms. The molecule has 2 aromatic carbocycles. The van der Waals surface area contributed by atoms with E-state index in [9.17, 15) is 4.39 Å². The van der Waals surface area contributed by atoms with E-state index in [-0.39, 0.29) is 5.82 Å². The van der Waals surface area contributed by atoms with Crippen LogP contribution in [0.5, 0.6) is 11.5 Å². The van der Waals surface area contributed by atoms with Crippen LogP contribution in [0.1, 0.15) is 35.4 Å². The molecule has 122 valence electrons. The summed E-state index contributed by atoms with van der Waals surface area (Å²) in [5, 5.41) is 0.724. The number of rotatable bonds is 3. The molecule has 2 aromatic rings. The maximum Gasteiger partial charge on any atom is 0.165 e. The molecule has 1 unspecified atom stereocenters. The largest absolute Gasteiger partial charge is 0.495 e. The molecule has 0 aromatic heterocycles. The van der Waals surface area contributed by atoms with Crippen LogP contribution in [0, 0.1) is 5.82 Å². The molecule has 0 fully saturated rings. The van der Waals surface area contributed by atoms with Gasteiger partial charge in [-0.3, -0.25) is 0 Å². The van der Waals surface area contributed by atoms with Crippen LogP contribution in [-0.4, -0.2) is 14.2 Å². The zero-order valence-electron chi connectivity index (χ0n) is 13.4. The van der Waals surface area contributed by atoms with Crippen LogP contribution in [-0.2, 0) is 12.8 Å². The predicted molar refractivity (Wildman–Crippen MR) is 90.3 cm³/mol. The van der Waals surface area contributed by atoms with Crippen molar-refractivity contribution in [1.29, 1.82) is 0 Å². The zero-order valence-corrected chi connectivity index (χ0v) is 14.1. The van der Waals surface area contributed by atoms with Crippen molar-refractivity contribution in [2.45, 2.75) is 31.6 Å². The fourth-order valence-electron chi connectivity index (χ4n) is 3.37. The first kappa shape index (κ1) is 16.1. The minimum Gasteiger partial charge on any atom is -0.495 e. The summed E-state index contributed by atoms with van der Waals surface area (Å²) < 4.78 is 24.1. The first-order valence-corrected chi connectivity index (χ1v) is 8.19. The standard InChI is InChI=1S/C19H20ClFO2/c1-22-17-9-7-14-10-12(4-3-5-15(14)19(17)20)13-6-8-16(21)18(11-13)23-2/h6-9,11-12H,3-5,10H2,1-2H3. The van der Waals surface area contributed by atoms with Crippen LogP contribution >= 0.6 is 11.6 Å². The Kier molecular flexibility index (Phi) is 4.76. The van der Waals surface area contributed by atoms with Gasteiger partial charge in [-0.05, 0) is 66.5 Å². The van der Waals surface area contributed by atoms with E-state index in [4.69, 9.17) is 21.1 Å². The van der Waals surface area contributed by atoms with E-state index < -0.39 is 0 Å². The number of halogens is 2. The summed E-state index contributed by atoms with van der Waals surface area (Å²) in [6.07, 6.45) is 3.93. The lowest BCUT2D eigenvalue weighted by molar-refractivity contribution is 0.385. The molecule has 0 aliphatic heterocycles. The molecule has 0 amide bonds. The summed E-state index contributed by atoms with van der Waals surface area (Å²) in [6.45, 7) is 0. The summed E-state index contributed by atoms with van der Waals surface area (Å²) >= 11 is 6.47. The first-order valence-electron chi connectivity index (χ1n) is 7.81. The van der Waals surface area contributed by atoms with Gasteiger partial charge in [-0.2, -0.15) is 0 Å². The fraction of sp³-hybridized carbons (Fsp3) is 0.368. The highest BCUT2D eigenvalue weighted by molar-refractivity contribution is 6.33. The number of benzene rings is 2. The fourth-order valence-corrected chi connectivity index (χ4v) is 3.72. The van der Waals surface area contributed by atoms with Crippen molar-refractivity contribution < 1.29 is 13.9 Å². The molecule has 23 heavy (non-hydrogen) atoms. The Bertz CT molecular complexity index is 715. The normalized spacial score (nSPS) is 17.3. The van der Waals surface area contributed by atoms with Gasteiger partial charge < -0.3 is 9.47 Å². The quantitative estimate of drug-likeness (QED) is 0.722. The molecule has 0 saturated heterocycles. The van der Waals surface area contributed by atoms with Gasteiger partial charge in [-0.1, -0.05) is 23.7 Å². The monoisotopic (exact) mass is 334 g/mol. The van der Waals surface area contributed by atoms with E-state index in [0.29, 0.717) is 11.7 Å². The highest BCUT2D eigenvalue weighted by Gasteiger charge is 2.22. The lowest BCUT2D eigenvalue weighted by Crippen LogP contribution is -2.03. The minimum absolute atomic E-state index is 0.305. The maximum atomic E-state index is 13.6. The van der Waals surface area contributed by atoms with Gasteiger partial charge in [0.2, 0.25) is 0 Å². The molecule has 1 aliphatic rings. The zero-order chi connectivity index (χ0) is 16.4. The first-order chi connectivity index (χ1) is 11.1. The Morgan fingerprint density at radius 1 is 1.09 bits per heavy atom. The van der Waals surface area contributed by atoms with Crippen molar-refractivity contribution in [2.75, 3.05) is 14.2 Å². The van der Waals surface area contributed by atoms with Gasteiger partial charge in [-0.25, -0.2) is 4.39 Å². The Hall–Kier alpha value is -1.74. The molecular weight excluding hydrogens is 315 g/mol. The summed E-state index contributed by atoms with van der Waals surface area (Å²) in [6, 6.07) is 9.18. The molecule has 0 bridgehead atoms. The Morgan fingerprint density at radius 2 is 1.87 bits per heavy atom. The van der Waals surface area contributed by atoms with Crippen molar-refractivity contribution in [3.63, 3.8) is 0 Å². The molecule has 1 aliphatic carbocycles. The van der Waals surface area contributed by atoms with E-state index in [2.05, 4.69) is 6.07 Å². The smallest absolute Gasteiger partial charge is 0.165 e. The average molecular weight is 335 g/mol. The van der Waals surface area contributed by atoms with Gasteiger partial charge in [0.05, 0.1) is 19.2 Å². The van der Waals surface area contributed by atoms with E-state index in [1.807, 2.05) is 18.2 Å². The maximum absolute atomic E-state index is 13.6. The van der Waals surface area contributed by atoms with Crippen molar-refractivity contribution in [2.24, 2.45) is 0 Å². The van der Waals surface area contributed by atoms with E-state index in [1.54, 1.807) is 7.11 Å². The molecule has 0 heterocycles. The molecule has 0 radical (unpaired) electrons. The van der Waals surface area contributed by atoms with Gasteiger partial charge in [0.15, 0.2) is 11.6 Å². The lowest BCUT2D eigenvalue weighted by atomic mass is 9.89. The van der Waals surface area contributed by atoms with Crippen molar-refractivity contribution in [3.8, 4) is 11.5 Å². The Morgan fingerprint density at radius 3 is 2.61 bits per heavy atom. The summed E-state index contributed by atoms with van der Waals surface area (Å²) in [4.78, 5) is 0. The molecule has 4 heteroatoms. The number of hydrogen-bond acceptors (Lipinski definition) is 2. The SMILES string of the molecule is COc1cc(C2CCCc3c(ccc(OC)c3Cl)C2)ccc1F. The van der Waals surface area contributed by atoms with Gasteiger partial charge in [0.25, 0.3) is 0 Å². The number of fused-ring (bicyclic) bond motifs is 1. The number of ether oxygens (including phenoxy) is 2. The van der Waals surface area contributed by atoms with Crippen LogP contribution in [0.25, 0.3) is 0 Å².